The van der Waals surface area contributed by atoms with Gasteiger partial charge in [0, 0.05) is 17.5 Å². The first-order valence-electron chi connectivity index (χ1n) is 9.50. The van der Waals surface area contributed by atoms with Crippen LogP contribution in [0.3, 0.4) is 0 Å². The maximum atomic E-state index is 13.1. The zero-order chi connectivity index (χ0) is 21.4. The molecule has 0 aliphatic carbocycles. The number of amides is 1. The van der Waals surface area contributed by atoms with Crippen LogP contribution in [0.15, 0.2) is 53.6 Å². The molecule has 1 amide bonds. The van der Waals surface area contributed by atoms with Gasteiger partial charge in [-0.25, -0.2) is 13.4 Å². The Morgan fingerprint density at radius 3 is 2.28 bits per heavy atom. The summed E-state index contributed by atoms with van der Waals surface area (Å²) in [6.07, 6.45) is 1.72. The molecule has 2 aromatic carbocycles. The Morgan fingerprint density at radius 1 is 1.10 bits per heavy atom. The molecule has 3 rings (SSSR count). The quantitative estimate of drug-likeness (QED) is 0.820. The van der Waals surface area contributed by atoms with E-state index in [0.29, 0.717) is 12.1 Å². The zero-order valence-corrected chi connectivity index (χ0v) is 18.2. The summed E-state index contributed by atoms with van der Waals surface area (Å²) in [5, 5.41) is 6.30. The van der Waals surface area contributed by atoms with Crippen molar-refractivity contribution in [3.8, 4) is 0 Å². The summed E-state index contributed by atoms with van der Waals surface area (Å²) in [5.41, 5.74) is 3.82. The number of rotatable bonds is 4. The molecule has 7 heteroatoms. The third kappa shape index (κ3) is 4.85. The second-order valence-corrected chi connectivity index (χ2v) is 10.2. The standard InChI is InChI=1S/C22H27N3O3S/c1-15-8-6-7-9-18(15)20-14-19(23-25(20)21(26)22(2,3)4)16-10-12-17(13-11-16)24-29(5,27)28/h6-13,20,24H,14H2,1-5H3/t20-/m0/s1. The average Bonchev–Trinajstić information content (AvgIpc) is 3.04. The van der Waals surface area contributed by atoms with E-state index >= 15 is 0 Å². The number of hydrogen-bond donors (Lipinski definition) is 1. The summed E-state index contributed by atoms with van der Waals surface area (Å²) < 4.78 is 25.3. The van der Waals surface area contributed by atoms with Crippen molar-refractivity contribution in [3.63, 3.8) is 0 Å². The van der Waals surface area contributed by atoms with E-state index < -0.39 is 15.4 Å². The lowest BCUT2D eigenvalue weighted by Gasteiger charge is -2.29. The fourth-order valence-electron chi connectivity index (χ4n) is 3.36. The molecule has 6 nitrogen and oxygen atoms in total. The van der Waals surface area contributed by atoms with Gasteiger partial charge in [-0.05, 0) is 35.7 Å². The first-order chi connectivity index (χ1) is 13.5. The molecule has 0 radical (unpaired) electrons. The highest BCUT2D eigenvalue weighted by molar-refractivity contribution is 7.92. The van der Waals surface area contributed by atoms with E-state index in [0.717, 1.165) is 28.7 Å². The smallest absolute Gasteiger partial charge is 0.248 e. The molecule has 0 unspecified atom stereocenters. The van der Waals surface area contributed by atoms with Crippen LogP contribution in [-0.2, 0) is 14.8 Å². The molecule has 0 aromatic heterocycles. The molecule has 0 saturated heterocycles. The average molecular weight is 414 g/mol. The third-order valence-electron chi connectivity index (χ3n) is 4.83. The molecule has 1 atom stereocenters. The lowest BCUT2D eigenvalue weighted by molar-refractivity contribution is -0.141. The highest BCUT2D eigenvalue weighted by Crippen LogP contribution is 2.37. The number of carbonyl (C=O) groups excluding carboxylic acids is 1. The molecule has 0 bridgehead atoms. The van der Waals surface area contributed by atoms with Gasteiger partial charge in [0.1, 0.15) is 0 Å². The molecule has 0 spiro atoms. The van der Waals surface area contributed by atoms with Crippen LogP contribution in [0.5, 0.6) is 0 Å². The van der Waals surface area contributed by atoms with Crippen LogP contribution in [0.1, 0.15) is 49.9 Å². The van der Waals surface area contributed by atoms with E-state index in [9.17, 15) is 13.2 Å². The molecular formula is C22H27N3O3S. The van der Waals surface area contributed by atoms with Crippen molar-refractivity contribution in [3.05, 3.63) is 65.2 Å². The topological polar surface area (TPSA) is 78.8 Å². The molecule has 1 N–H and O–H groups in total. The summed E-state index contributed by atoms with van der Waals surface area (Å²) in [6.45, 7) is 7.72. The lowest BCUT2D eigenvalue weighted by atomic mass is 9.91. The number of carbonyl (C=O) groups is 1. The summed E-state index contributed by atoms with van der Waals surface area (Å²) in [6, 6.07) is 14.9. The zero-order valence-electron chi connectivity index (χ0n) is 17.4. The van der Waals surface area contributed by atoms with E-state index in [1.807, 2.05) is 64.1 Å². The van der Waals surface area contributed by atoms with Gasteiger partial charge in [0.2, 0.25) is 15.9 Å². The molecule has 1 aliphatic rings. The molecule has 29 heavy (non-hydrogen) atoms. The van der Waals surface area contributed by atoms with Gasteiger partial charge in [0.05, 0.1) is 18.0 Å². The van der Waals surface area contributed by atoms with Crippen molar-refractivity contribution in [2.45, 2.75) is 40.2 Å². The van der Waals surface area contributed by atoms with Crippen LogP contribution in [0.2, 0.25) is 0 Å². The van der Waals surface area contributed by atoms with Gasteiger partial charge in [-0.3, -0.25) is 9.52 Å². The summed E-state index contributed by atoms with van der Waals surface area (Å²) in [5.74, 6) is -0.0314. The number of benzene rings is 2. The predicted octanol–water partition coefficient (Wildman–Crippen LogP) is 4.09. The van der Waals surface area contributed by atoms with Crippen LogP contribution < -0.4 is 4.72 Å². The SMILES string of the molecule is Cc1ccccc1[C@@H]1CC(c2ccc(NS(C)(=O)=O)cc2)=NN1C(=O)C(C)(C)C. The van der Waals surface area contributed by atoms with Gasteiger partial charge in [-0.1, -0.05) is 57.2 Å². The van der Waals surface area contributed by atoms with Crippen molar-refractivity contribution >= 4 is 27.3 Å². The van der Waals surface area contributed by atoms with E-state index in [2.05, 4.69) is 9.82 Å². The maximum absolute atomic E-state index is 13.1. The predicted molar refractivity (Wildman–Crippen MR) is 116 cm³/mol. The van der Waals surface area contributed by atoms with Gasteiger partial charge in [-0.2, -0.15) is 5.10 Å². The van der Waals surface area contributed by atoms with Gasteiger partial charge >= 0.3 is 0 Å². The number of nitrogens with one attached hydrogen (secondary N) is 1. The number of aryl methyl sites for hydroxylation is 1. The first-order valence-corrected chi connectivity index (χ1v) is 11.4. The van der Waals surface area contributed by atoms with Gasteiger partial charge in [0.25, 0.3) is 0 Å². The van der Waals surface area contributed by atoms with Crippen LogP contribution in [0.4, 0.5) is 5.69 Å². The highest BCUT2D eigenvalue weighted by Gasteiger charge is 2.38. The maximum Gasteiger partial charge on any atom is 0.248 e. The monoisotopic (exact) mass is 413 g/mol. The summed E-state index contributed by atoms with van der Waals surface area (Å²) in [7, 11) is -3.33. The van der Waals surface area contributed by atoms with Crippen molar-refractivity contribution in [1.82, 2.24) is 5.01 Å². The lowest BCUT2D eigenvalue weighted by Crippen LogP contribution is -2.36. The normalized spacial score (nSPS) is 17.2. The van der Waals surface area contributed by atoms with Crippen LogP contribution >= 0.6 is 0 Å². The Labute approximate surface area is 172 Å². The third-order valence-corrected chi connectivity index (χ3v) is 5.44. The molecule has 1 aliphatic heterocycles. The number of nitrogens with zero attached hydrogens (tertiary/aromatic N) is 2. The van der Waals surface area contributed by atoms with E-state index in [1.165, 1.54) is 0 Å². The number of anilines is 1. The van der Waals surface area contributed by atoms with Crippen molar-refractivity contribution in [2.24, 2.45) is 10.5 Å². The van der Waals surface area contributed by atoms with Crippen LogP contribution in [-0.4, -0.2) is 31.3 Å². The minimum absolute atomic E-state index is 0.0314. The van der Waals surface area contributed by atoms with Crippen molar-refractivity contribution < 1.29 is 13.2 Å². The van der Waals surface area contributed by atoms with Crippen molar-refractivity contribution in [2.75, 3.05) is 11.0 Å². The summed E-state index contributed by atoms with van der Waals surface area (Å²) in [4.78, 5) is 13.1. The second-order valence-electron chi connectivity index (χ2n) is 8.47. The minimum Gasteiger partial charge on any atom is -0.284 e. The van der Waals surface area contributed by atoms with E-state index in [-0.39, 0.29) is 11.9 Å². The minimum atomic E-state index is -3.33. The van der Waals surface area contributed by atoms with Gasteiger partial charge in [0.15, 0.2) is 0 Å². The number of sulfonamides is 1. The van der Waals surface area contributed by atoms with Crippen LogP contribution in [0.25, 0.3) is 0 Å². The van der Waals surface area contributed by atoms with Crippen LogP contribution in [0, 0.1) is 12.3 Å². The number of hydrazone groups is 1. The van der Waals surface area contributed by atoms with E-state index in [4.69, 9.17) is 0 Å². The molecular weight excluding hydrogens is 386 g/mol. The Bertz CT molecular complexity index is 1050. The first kappa shape index (κ1) is 21.0. The molecule has 2 aromatic rings. The Hall–Kier alpha value is -2.67. The Morgan fingerprint density at radius 2 is 1.72 bits per heavy atom. The summed E-state index contributed by atoms with van der Waals surface area (Å²) >= 11 is 0. The van der Waals surface area contributed by atoms with E-state index in [1.54, 1.807) is 17.1 Å². The van der Waals surface area contributed by atoms with Gasteiger partial charge in [-0.15, -0.1) is 0 Å². The second kappa shape index (κ2) is 7.63. The molecule has 1 heterocycles. The molecule has 154 valence electrons. The highest BCUT2D eigenvalue weighted by atomic mass is 32.2. The number of hydrogen-bond acceptors (Lipinski definition) is 4. The molecule has 0 saturated carbocycles. The Balaban J connectivity index is 1.96. The van der Waals surface area contributed by atoms with Crippen molar-refractivity contribution in [1.29, 1.82) is 0 Å². The fourth-order valence-corrected chi connectivity index (χ4v) is 3.93. The fraction of sp³-hybridized carbons (Fsp3) is 0.364. The largest absolute Gasteiger partial charge is 0.284 e. The Kier molecular flexibility index (Phi) is 5.54. The van der Waals surface area contributed by atoms with Gasteiger partial charge < -0.3 is 0 Å². The molecule has 0 fully saturated rings.